The predicted octanol–water partition coefficient (Wildman–Crippen LogP) is 1.96. The highest BCUT2D eigenvalue weighted by atomic mass is 16.2. The summed E-state index contributed by atoms with van der Waals surface area (Å²) in [5, 5.41) is 2.95. The van der Waals surface area contributed by atoms with E-state index in [9.17, 15) is 9.59 Å². The lowest BCUT2D eigenvalue weighted by Gasteiger charge is -2.16. The fraction of sp³-hybridized carbons (Fsp3) is 0.476. The first-order chi connectivity index (χ1) is 13.0. The van der Waals surface area contributed by atoms with Crippen molar-refractivity contribution >= 4 is 5.91 Å². The van der Waals surface area contributed by atoms with Crippen LogP contribution in [0.15, 0.2) is 35.1 Å². The van der Waals surface area contributed by atoms with Crippen LogP contribution < -0.4 is 10.9 Å². The number of carbonyl (C=O) groups is 1. The molecule has 0 radical (unpaired) electrons. The van der Waals surface area contributed by atoms with Gasteiger partial charge in [0, 0.05) is 30.9 Å². The van der Waals surface area contributed by atoms with Crippen LogP contribution in [-0.4, -0.2) is 40.4 Å². The Labute approximate surface area is 160 Å². The number of nitrogens with zero attached hydrogens (tertiary/aromatic N) is 2. The van der Waals surface area contributed by atoms with E-state index < -0.39 is 0 Å². The van der Waals surface area contributed by atoms with Gasteiger partial charge in [0.15, 0.2) is 0 Å². The summed E-state index contributed by atoms with van der Waals surface area (Å²) < 4.78 is 0. The van der Waals surface area contributed by atoms with Crippen molar-refractivity contribution in [2.75, 3.05) is 19.6 Å². The Morgan fingerprint density at radius 2 is 2.07 bits per heavy atom. The summed E-state index contributed by atoms with van der Waals surface area (Å²) in [5.41, 5.74) is 2.20. The monoisotopic (exact) mass is 368 g/mol. The van der Waals surface area contributed by atoms with Crippen LogP contribution in [0.4, 0.5) is 0 Å². The van der Waals surface area contributed by atoms with Gasteiger partial charge < -0.3 is 10.3 Å². The number of H-pyrrole nitrogens is 1. The maximum Gasteiger partial charge on any atom is 0.254 e. The molecule has 27 heavy (non-hydrogen) atoms. The predicted molar refractivity (Wildman–Crippen MR) is 105 cm³/mol. The molecule has 6 heteroatoms. The van der Waals surface area contributed by atoms with E-state index in [1.165, 1.54) is 12.0 Å². The van der Waals surface area contributed by atoms with Crippen molar-refractivity contribution in [3.63, 3.8) is 0 Å². The highest BCUT2D eigenvalue weighted by Gasteiger charge is 2.22. The molecule has 1 amide bonds. The van der Waals surface area contributed by atoms with Gasteiger partial charge in [0.05, 0.1) is 6.42 Å². The van der Waals surface area contributed by atoms with E-state index in [1.807, 2.05) is 6.07 Å². The van der Waals surface area contributed by atoms with Crippen molar-refractivity contribution in [2.24, 2.45) is 5.92 Å². The molecule has 1 aliphatic rings. The Morgan fingerprint density at radius 3 is 2.81 bits per heavy atom. The van der Waals surface area contributed by atoms with Crippen LogP contribution in [0.2, 0.25) is 0 Å². The lowest BCUT2D eigenvalue weighted by molar-refractivity contribution is -0.120. The molecule has 1 aromatic carbocycles. The average molecular weight is 368 g/mol. The summed E-state index contributed by atoms with van der Waals surface area (Å²) in [6.45, 7) is 7.33. The zero-order valence-corrected chi connectivity index (χ0v) is 16.1. The van der Waals surface area contributed by atoms with E-state index in [0.717, 1.165) is 26.1 Å². The molecule has 2 N–H and O–H groups in total. The summed E-state index contributed by atoms with van der Waals surface area (Å²) >= 11 is 0. The molecule has 2 aromatic rings. The summed E-state index contributed by atoms with van der Waals surface area (Å²) in [4.78, 5) is 33.5. The number of nitrogens with one attached hydrogen (secondary N) is 2. The van der Waals surface area contributed by atoms with E-state index >= 15 is 0 Å². The summed E-state index contributed by atoms with van der Waals surface area (Å²) in [7, 11) is 0. The van der Waals surface area contributed by atoms with Crippen molar-refractivity contribution in [2.45, 2.75) is 39.7 Å². The highest BCUT2D eigenvalue weighted by Crippen LogP contribution is 2.21. The molecule has 1 atom stereocenters. The third kappa shape index (κ3) is 5.50. The molecule has 144 valence electrons. The second-order valence-corrected chi connectivity index (χ2v) is 7.41. The zero-order valence-electron chi connectivity index (χ0n) is 16.1. The SMILES string of the molecule is Cc1nc(C)c(CC(=O)NCC[C@H]2CCN(Cc3ccccc3)C2)c(=O)[nH]1. The fourth-order valence-electron chi connectivity index (χ4n) is 3.73. The Bertz CT molecular complexity index is 832. The van der Waals surface area contributed by atoms with Gasteiger partial charge in [-0.1, -0.05) is 30.3 Å². The molecule has 0 unspecified atom stereocenters. The van der Waals surface area contributed by atoms with Gasteiger partial charge in [0.1, 0.15) is 5.82 Å². The normalized spacial score (nSPS) is 17.2. The molecule has 1 fully saturated rings. The molecular weight excluding hydrogens is 340 g/mol. The molecule has 0 saturated carbocycles. The molecule has 1 aliphatic heterocycles. The molecule has 0 bridgehead atoms. The van der Waals surface area contributed by atoms with Gasteiger partial charge in [-0.3, -0.25) is 14.5 Å². The first-order valence-electron chi connectivity index (χ1n) is 9.60. The maximum absolute atomic E-state index is 12.2. The second-order valence-electron chi connectivity index (χ2n) is 7.41. The van der Waals surface area contributed by atoms with E-state index in [0.29, 0.717) is 29.5 Å². The minimum Gasteiger partial charge on any atom is -0.356 e. The van der Waals surface area contributed by atoms with Gasteiger partial charge >= 0.3 is 0 Å². The van der Waals surface area contributed by atoms with Crippen LogP contribution in [0, 0.1) is 19.8 Å². The van der Waals surface area contributed by atoms with E-state index in [1.54, 1.807) is 13.8 Å². The molecule has 3 rings (SSSR count). The van der Waals surface area contributed by atoms with Crippen LogP contribution >= 0.6 is 0 Å². The van der Waals surface area contributed by atoms with Crippen molar-refractivity contribution in [3.8, 4) is 0 Å². The van der Waals surface area contributed by atoms with Gasteiger partial charge in [-0.25, -0.2) is 4.98 Å². The number of hydrogen-bond acceptors (Lipinski definition) is 4. The Balaban J connectivity index is 1.40. The van der Waals surface area contributed by atoms with E-state index in [4.69, 9.17) is 0 Å². The highest BCUT2D eigenvalue weighted by molar-refractivity contribution is 5.78. The Kier molecular flexibility index (Phi) is 6.40. The van der Waals surface area contributed by atoms with Crippen molar-refractivity contribution in [3.05, 3.63) is 63.3 Å². The lowest BCUT2D eigenvalue weighted by Crippen LogP contribution is -2.31. The Hall–Kier alpha value is -2.47. The molecule has 2 heterocycles. The standard InChI is InChI=1S/C21H28N4O2/c1-15-19(21(27)24-16(2)23-15)12-20(26)22-10-8-18-9-11-25(14-18)13-17-6-4-3-5-7-17/h3-7,18H,8-14H2,1-2H3,(H,22,26)(H,23,24,27)/t18-/m0/s1. The van der Waals surface area contributed by atoms with Gasteiger partial charge in [0.2, 0.25) is 5.91 Å². The van der Waals surface area contributed by atoms with Crippen LogP contribution in [0.5, 0.6) is 0 Å². The number of aromatic amines is 1. The molecule has 1 aromatic heterocycles. The number of rotatable bonds is 7. The third-order valence-corrected chi connectivity index (χ3v) is 5.17. The quantitative estimate of drug-likeness (QED) is 0.783. The lowest BCUT2D eigenvalue weighted by atomic mass is 10.1. The van der Waals surface area contributed by atoms with Gasteiger partial charge in [-0.05, 0) is 44.7 Å². The fourth-order valence-corrected chi connectivity index (χ4v) is 3.73. The number of benzene rings is 1. The number of aryl methyl sites for hydroxylation is 2. The van der Waals surface area contributed by atoms with Gasteiger partial charge in [0.25, 0.3) is 5.56 Å². The molecular formula is C21H28N4O2. The number of amides is 1. The number of likely N-dealkylation sites (tertiary alicyclic amines) is 1. The second kappa shape index (κ2) is 8.95. The van der Waals surface area contributed by atoms with Crippen LogP contribution in [0.25, 0.3) is 0 Å². The van der Waals surface area contributed by atoms with E-state index in [-0.39, 0.29) is 17.9 Å². The van der Waals surface area contributed by atoms with Crippen LogP contribution in [0.3, 0.4) is 0 Å². The van der Waals surface area contributed by atoms with Crippen LogP contribution in [-0.2, 0) is 17.8 Å². The number of hydrogen-bond donors (Lipinski definition) is 2. The average Bonchev–Trinajstić information content (AvgIpc) is 3.06. The summed E-state index contributed by atoms with van der Waals surface area (Å²) in [5.74, 6) is 1.07. The zero-order chi connectivity index (χ0) is 19.2. The first kappa shape index (κ1) is 19.3. The van der Waals surface area contributed by atoms with Crippen molar-refractivity contribution in [1.82, 2.24) is 20.2 Å². The van der Waals surface area contributed by atoms with Crippen LogP contribution in [0.1, 0.15) is 35.5 Å². The molecule has 6 nitrogen and oxygen atoms in total. The summed E-state index contributed by atoms with van der Waals surface area (Å²) in [6.07, 6.45) is 2.22. The third-order valence-electron chi connectivity index (χ3n) is 5.17. The molecule has 1 saturated heterocycles. The van der Waals surface area contributed by atoms with Gasteiger partial charge in [-0.2, -0.15) is 0 Å². The van der Waals surface area contributed by atoms with Crippen molar-refractivity contribution in [1.29, 1.82) is 0 Å². The maximum atomic E-state index is 12.2. The smallest absolute Gasteiger partial charge is 0.254 e. The first-order valence-corrected chi connectivity index (χ1v) is 9.60. The van der Waals surface area contributed by atoms with E-state index in [2.05, 4.69) is 44.5 Å². The Morgan fingerprint density at radius 1 is 1.30 bits per heavy atom. The number of aromatic nitrogens is 2. The topological polar surface area (TPSA) is 78.1 Å². The van der Waals surface area contributed by atoms with Crippen molar-refractivity contribution < 1.29 is 4.79 Å². The molecule has 0 aliphatic carbocycles. The summed E-state index contributed by atoms with van der Waals surface area (Å²) in [6, 6.07) is 10.5. The minimum absolute atomic E-state index is 0.0826. The molecule has 0 spiro atoms. The van der Waals surface area contributed by atoms with Gasteiger partial charge in [-0.15, -0.1) is 0 Å². The largest absolute Gasteiger partial charge is 0.356 e. The number of carbonyl (C=O) groups excluding carboxylic acids is 1. The minimum atomic E-state index is -0.220.